The number of carbonyl (C=O) groups is 4. The van der Waals surface area contributed by atoms with Gasteiger partial charge in [0.05, 0.1) is 18.5 Å². The molecule has 0 radical (unpaired) electrons. The first kappa shape index (κ1) is 28.4. The van der Waals surface area contributed by atoms with Gasteiger partial charge in [-0.2, -0.15) is 0 Å². The Balaban J connectivity index is 1.46. The van der Waals surface area contributed by atoms with Gasteiger partial charge < -0.3 is 15.1 Å². The summed E-state index contributed by atoms with van der Waals surface area (Å²) in [6.07, 6.45) is 8.64. The van der Waals surface area contributed by atoms with E-state index in [-0.39, 0.29) is 18.5 Å². The monoisotopic (exact) mass is 640 g/mol. The van der Waals surface area contributed by atoms with E-state index >= 15 is 0 Å². The molecule has 43 heavy (non-hydrogen) atoms. The van der Waals surface area contributed by atoms with Gasteiger partial charge in [-0.15, -0.1) is 0 Å². The average Bonchev–Trinajstić information content (AvgIpc) is 3.78. The van der Waals surface area contributed by atoms with Gasteiger partial charge in [0.15, 0.2) is 0 Å². The zero-order chi connectivity index (χ0) is 29.9. The summed E-state index contributed by atoms with van der Waals surface area (Å²) in [6.45, 7) is -0.114. The molecule has 2 aliphatic rings. The minimum Gasteiger partial charge on any atom is -0.465 e. The maximum Gasteiger partial charge on any atom is 0.329 e. The van der Waals surface area contributed by atoms with E-state index in [2.05, 4.69) is 26.6 Å². The number of nitrogens with one attached hydrogen (secondary N) is 2. The minimum atomic E-state index is -1.07. The summed E-state index contributed by atoms with van der Waals surface area (Å²) in [6, 6.07) is 19.6. The predicted molar refractivity (Wildman–Crippen MR) is 168 cm³/mol. The third-order valence-electron chi connectivity index (χ3n) is 7.71. The lowest BCUT2D eigenvalue weighted by molar-refractivity contribution is -0.122. The first-order valence-corrected chi connectivity index (χ1v) is 14.9. The van der Waals surface area contributed by atoms with E-state index in [1.165, 1.54) is 11.2 Å². The predicted octanol–water partition coefficient (Wildman–Crippen LogP) is 6.04. The molecule has 9 nitrogen and oxygen atoms in total. The lowest BCUT2D eigenvalue weighted by Gasteiger charge is -2.31. The van der Waals surface area contributed by atoms with Crippen LogP contribution in [0.5, 0.6) is 0 Å². The Morgan fingerprint density at radius 1 is 1.00 bits per heavy atom. The summed E-state index contributed by atoms with van der Waals surface area (Å²) in [4.78, 5) is 55.9. The topological polar surface area (TPSA) is 112 Å². The lowest BCUT2D eigenvalue weighted by atomic mass is 10.0. The van der Waals surface area contributed by atoms with Crippen LogP contribution in [0.1, 0.15) is 41.8 Å². The van der Waals surface area contributed by atoms with E-state index in [1.807, 2.05) is 24.3 Å². The molecule has 1 aliphatic carbocycles. The number of hydrogen-bond donors (Lipinski definition) is 2. The van der Waals surface area contributed by atoms with Crippen LogP contribution in [-0.2, 0) is 9.59 Å². The Morgan fingerprint density at radius 3 is 2.53 bits per heavy atom. The number of furan rings is 1. The highest BCUT2D eigenvalue weighted by atomic mass is 79.9. The second kappa shape index (κ2) is 12.3. The van der Waals surface area contributed by atoms with E-state index in [0.29, 0.717) is 22.7 Å². The van der Waals surface area contributed by atoms with Crippen LogP contribution >= 0.6 is 15.9 Å². The van der Waals surface area contributed by atoms with Gasteiger partial charge in [0.2, 0.25) is 5.91 Å². The molecule has 2 fully saturated rings. The average molecular weight is 642 g/mol. The van der Waals surface area contributed by atoms with Crippen molar-refractivity contribution in [2.24, 2.45) is 0 Å². The zero-order valence-electron chi connectivity index (χ0n) is 23.2. The van der Waals surface area contributed by atoms with Gasteiger partial charge in [-0.3, -0.25) is 19.3 Å². The molecule has 5 amide bonds. The van der Waals surface area contributed by atoms with Crippen LogP contribution in [0.2, 0.25) is 0 Å². The zero-order valence-corrected chi connectivity index (χ0v) is 24.8. The Hall–Kier alpha value is -4.70. The number of imide groups is 1. The highest BCUT2D eigenvalue weighted by Crippen LogP contribution is 2.30. The molecule has 4 aromatic rings. The summed E-state index contributed by atoms with van der Waals surface area (Å²) in [5.41, 5.74) is 1.02. The van der Waals surface area contributed by atoms with Gasteiger partial charge >= 0.3 is 6.03 Å². The van der Waals surface area contributed by atoms with Crippen LogP contribution in [0, 0.1) is 0 Å². The van der Waals surface area contributed by atoms with Crippen molar-refractivity contribution in [1.29, 1.82) is 0 Å². The molecule has 0 bridgehead atoms. The van der Waals surface area contributed by atoms with E-state index in [1.54, 1.807) is 60.7 Å². The molecule has 1 saturated heterocycles. The molecule has 3 aromatic carbocycles. The SMILES string of the molecule is O=C(NC1CCCC1)C(/C=C/c1ccco1)N(C(=O)c1ccc2cc(Br)ccc2c1)c1cccc(N2C(=O)CNC2=O)c1. The first-order chi connectivity index (χ1) is 20.9. The normalized spacial score (nSPS) is 16.2. The molecule has 6 rings (SSSR count). The standard InChI is InChI=1S/C33H29BrN4O5/c34-24-13-12-21-17-23(11-10-22(21)18-24)32(41)37(26-7-3-8-27(19-26)38-30(39)20-35-33(38)42)29(15-14-28-9-4-16-43-28)31(40)36-25-5-1-2-6-25/h3-4,7-19,25,29H,1-2,5-6,20H2,(H,35,42)(H,36,40)/b15-14+. The summed E-state index contributed by atoms with van der Waals surface area (Å²) >= 11 is 3.49. The fourth-order valence-corrected chi connectivity index (χ4v) is 5.96. The minimum absolute atomic E-state index is 0.0142. The van der Waals surface area contributed by atoms with E-state index in [9.17, 15) is 19.2 Å². The Bertz CT molecular complexity index is 1710. The third-order valence-corrected chi connectivity index (χ3v) is 8.21. The number of halogens is 1. The molecule has 1 aromatic heterocycles. The lowest BCUT2D eigenvalue weighted by Crippen LogP contribution is -2.51. The van der Waals surface area contributed by atoms with Crippen LogP contribution in [0.3, 0.4) is 0 Å². The summed E-state index contributed by atoms with van der Waals surface area (Å²) in [5.74, 6) is -0.646. The Morgan fingerprint density at radius 2 is 1.79 bits per heavy atom. The largest absolute Gasteiger partial charge is 0.465 e. The van der Waals surface area contributed by atoms with Crippen molar-refractivity contribution in [2.75, 3.05) is 16.3 Å². The molecule has 2 N–H and O–H groups in total. The number of amides is 5. The van der Waals surface area contributed by atoms with E-state index in [4.69, 9.17) is 4.42 Å². The highest BCUT2D eigenvalue weighted by molar-refractivity contribution is 9.10. The number of urea groups is 1. The van der Waals surface area contributed by atoms with E-state index in [0.717, 1.165) is 45.8 Å². The second-order valence-corrected chi connectivity index (χ2v) is 11.5. The fourth-order valence-electron chi connectivity index (χ4n) is 5.58. The van der Waals surface area contributed by atoms with Gasteiger partial charge in [-0.25, -0.2) is 9.69 Å². The quantitative estimate of drug-likeness (QED) is 0.228. The molecule has 1 atom stereocenters. The summed E-state index contributed by atoms with van der Waals surface area (Å²) in [5, 5.41) is 7.47. The number of nitrogens with zero attached hydrogens (tertiary/aromatic N) is 2. The molecule has 10 heteroatoms. The maximum atomic E-state index is 14.5. The number of anilines is 2. The highest BCUT2D eigenvalue weighted by Gasteiger charge is 2.34. The summed E-state index contributed by atoms with van der Waals surface area (Å²) in [7, 11) is 0. The van der Waals surface area contributed by atoms with Gasteiger partial charge in [0.1, 0.15) is 11.8 Å². The Labute approximate surface area is 256 Å². The van der Waals surface area contributed by atoms with Crippen LogP contribution < -0.4 is 20.4 Å². The van der Waals surface area contributed by atoms with Gasteiger partial charge in [-0.05, 0) is 90.4 Å². The van der Waals surface area contributed by atoms with Gasteiger partial charge in [-0.1, -0.05) is 47.0 Å². The van der Waals surface area contributed by atoms with Crippen molar-refractivity contribution >= 4 is 67.9 Å². The third kappa shape index (κ3) is 6.10. The van der Waals surface area contributed by atoms with Crippen LogP contribution in [0.25, 0.3) is 16.8 Å². The molecule has 0 spiro atoms. The van der Waals surface area contributed by atoms with Crippen LogP contribution in [0.15, 0.2) is 94.0 Å². The molecule has 2 heterocycles. The van der Waals surface area contributed by atoms with Crippen molar-refractivity contribution in [3.8, 4) is 0 Å². The van der Waals surface area contributed by atoms with Crippen molar-refractivity contribution in [1.82, 2.24) is 10.6 Å². The van der Waals surface area contributed by atoms with Crippen molar-refractivity contribution < 1.29 is 23.6 Å². The number of fused-ring (bicyclic) bond motifs is 1. The molecular weight excluding hydrogens is 612 g/mol. The smallest absolute Gasteiger partial charge is 0.329 e. The van der Waals surface area contributed by atoms with Crippen LogP contribution in [-0.4, -0.2) is 42.4 Å². The number of benzene rings is 3. The molecular formula is C33H29BrN4O5. The van der Waals surface area contributed by atoms with Crippen molar-refractivity contribution in [3.05, 3.63) is 101 Å². The van der Waals surface area contributed by atoms with Crippen molar-refractivity contribution in [2.45, 2.75) is 37.8 Å². The Kier molecular flexibility index (Phi) is 8.11. The van der Waals surface area contributed by atoms with Gasteiger partial charge in [0, 0.05) is 21.8 Å². The molecule has 1 unspecified atom stereocenters. The molecule has 1 aliphatic heterocycles. The molecule has 1 saturated carbocycles. The number of hydrogen-bond acceptors (Lipinski definition) is 5. The first-order valence-electron chi connectivity index (χ1n) is 14.1. The van der Waals surface area contributed by atoms with E-state index < -0.39 is 23.9 Å². The van der Waals surface area contributed by atoms with Crippen LogP contribution in [0.4, 0.5) is 16.2 Å². The molecule has 218 valence electrons. The van der Waals surface area contributed by atoms with Crippen molar-refractivity contribution in [3.63, 3.8) is 0 Å². The number of carbonyl (C=O) groups excluding carboxylic acids is 4. The maximum absolute atomic E-state index is 14.5. The fraction of sp³-hybridized carbons (Fsp3) is 0.212. The summed E-state index contributed by atoms with van der Waals surface area (Å²) < 4.78 is 6.40. The van der Waals surface area contributed by atoms with Gasteiger partial charge in [0.25, 0.3) is 11.8 Å². The second-order valence-electron chi connectivity index (χ2n) is 10.6. The number of rotatable bonds is 8.